The van der Waals surface area contributed by atoms with E-state index >= 15 is 0 Å². The van der Waals surface area contributed by atoms with Gasteiger partial charge in [0.05, 0.1) is 15.5 Å². The fraction of sp³-hybridized carbons (Fsp3) is 0.158. The number of esters is 1. The molecule has 0 atom stereocenters. The lowest BCUT2D eigenvalue weighted by molar-refractivity contribution is 0.0437. The summed E-state index contributed by atoms with van der Waals surface area (Å²) < 4.78 is 35.9. The number of carbonyl (C=O) groups is 1. The molecule has 0 bridgehead atoms. The summed E-state index contributed by atoms with van der Waals surface area (Å²) >= 11 is 11.9. The predicted octanol–water partition coefficient (Wildman–Crippen LogP) is 4.26. The highest BCUT2D eigenvalue weighted by Gasteiger charge is 2.22. The molecule has 3 rings (SSSR count). The van der Waals surface area contributed by atoms with Gasteiger partial charge < -0.3 is 9.26 Å². The fourth-order valence-electron chi connectivity index (χ4n) is 2.38. The Labute approximate surface area is 177 Å². The maximum absolute atomic E-state index is 12.4. The van der Waals surface area contributed by atoms with Crippen LogP contribution < -0.4 is 0 Å². The van der Waals surface area contributed by atoms with Crippen LogP contribution in [0.2, 0.25) is 10.0 Å². The molecule has 0 aliphatic heterocycles. The lowest BCUT2D eigenvalue weighted by Gasteiger charge is -2.12. The Kier molecular flexibility index (Phi) is 6.28. The molecule has 1 aromatic heterocycles. The monoisotopic (exact) mass is 454 g/mol. The van der Waals surface area contributed by atoms with Crippen molar-refractivity contribution in [3.05, 3.63) is 69.9 Å². The maximum atomic E-state index is 12.4. The minimum absolute atomic E-state index is 0.0629. The first-order chi connectivity index (χ1) is 13.7. The molecule has 3 aromatic rings. The van der Waals surface area contributed by atoms with Crippen LogP contribution in [0.25, 0.3) is 11.3 Å². The number of ether oxygens (including phenoxy) is 1. The van der Waals surface area contributed by atoms with E-state index < -0.39 is 16.0 Å². The molecule has 0 radical (unpaired) electrons. The molecule has 7 nitrogen and oxygen atoms in total. The van der Waals surface area contributed by atoms with E-state index in [4.69, 9.17) is 32.5 Å². The van der Waals surface area contributed by atoms with Crippen LogP contribution in [0.15, 0.2) is 57.9 Å². The van der Waals surface area contributed by atoms with Crippen LogP contribution in [0.1, 0.15) is 16.1 Å². The van der Waals surface area contributed by atoms with Gasteiger partial charge in [-0.1, -0.05) is 40.5 Å². The Hall–Kier alpha value is -2.39. The minimum atomic E-state index is -3.72. The molecule has 10 heteroatoms. The second-order valence-corrected chi connectivity index (χ2v) is 9.19. The van der Waals surface area contributed by atoms with Gasteiger partial charge in [0.25, 0.3) is 0 Å². The first kappa shape index (κ1) is 21.3. The van der Waals surface area contributed by atoms with Gasteiger partial charge in [-0.05, 0) is 30.3 Å². The van der Waals surface area contributed by atoms with E-state index in [-0.39, 0.29) is 22.1 Å². The SMILES string of the molecule is CN(C)S(=O)(=O)c1ccc(Cl)c(C(=O)OCc2cc(-c3ccc(Cl)cc3)no2)c1. The van der Waals surface area contributed by atoms with Crippen LogP contribution in [-0.4, -0.2) is 37.9 Å². The standard InChI is InChI=1S/C19H16Cl2N2O5S/c1-23(2)29(25,26)15-7-8-17(21)16(10-15)19(24)27-11-14-9-18(22-28-14)12-3-5-13(20)6-4-12/h3-10H,11H2,1-2H3. The summed E-state index contributed by atoms with van der Waals surface area (Å²) in [6, 6.07) is 12.5. The summed E-state index contributed by atoms with van der Waals surface area (Å²) in [4.78, 5) is 12.3. The molecule has 152 valence electrons. The van der Waals surface area contributed by atoms with Crippen LogP contribution in [0.3, 0.4) is 0 Å². The Bertz CT molecular complexity index is 1140. The van der Waals surface area contributed by atoms with Crippen molar-refractivity contribution >= 4 is 39.2 Å². The number of carbonyl (C=O) groups excluding carboxylic acids is 1. The number of aromatic nitrogens is 1. The number of hydrogen-bond acceptors (Lipinski definition) is 6. The van der Waals surface area contributed by atoms with Crippen LogP contribution in [0, 0.1) is 0 Å². The zero-order chi connectivity index (χ0) is 21.2. The third kappa shape index (κ3) is 4.79. The highest BCUT2D eigenvalue weighted by molar-refractivity contribution is 7.89. The summed E-state index contributed by atoms with van der Waals surface area (Å²) in [6.07, 6.45) is 0. The summed E-state index contributed by atoms with van der Waals surface area (Å²) in [7, 11) is -0.932. The van der Waals surface area contributed by atoms with Crippen LogP contribution in [0.4, 0.5) is 0 Å². The van der Waals surface area contributed by atoms with Gasteiger partial charge >= 0.3 is 5.97 Å². The Morgan fingerprint density at radius 1 is 1.10 bits per heavy atom. The van der Waals surface area contributed by atoms with Crippen LogP contribution >= 0.6 is 23.2 Å². The molecule has 0 amide bonds. The first-order valence-corrected chi connectivity index (χ1v) is 10.5. The van der Waals surface area contributed by atoms with Gasteiger partial charge in [-0.25, -0.2) is 17.5 Å². The van der Waals surface area contributed by atoms with Crippen molar-refractivity contribution in [1.29, 1.82) is 0 Å². The third-order valence-electron chi connectivity index (χ3n) is 3.98. The predicted molar refractivity (Wildman–Crippen MR) is 108 cm³/mol. The Balaban J connectivity index is 1.74. The van der Waals surface area contributed by atoms with Crippen molar-refractivity contribution in [2.24, 2.45) is 0 Å². The molecule has 29 heavy (non-hydrogen) atoms. The highest BCUT2D eigenvalue weighted by atomic mass is 35.5. The van der Waals surface area contributed by atoms with Gasteiger partial charge in [0.2, 0.25) is 10.0 Å². The van der Waals surface area contributed by atoms with Gasteiger partial charge in [0.15, 0.2) is 12.4 Å². The molecule has 0 saturated heterocycles. The molecule has 0 aliphatic carbocycles. The molecule has 2 aromatic carbocycles. The summed E-state index contributed by atoms with van der Waals surface area (Å²) in [6.45, 7) is -0.194. The van der Waals surface area contributed by atoms with Crippen molar-refractivity contribution < 1.29 is 22.5 Å². The van der Waals surface area contributed by atoms with E-state index in [1.165, 1.54) is 32.3 Å². The molecular formula is C19H16Cl2N2O5S. The quantitative estimate of drug-likeness (QED) is 0.516. The summed E-state index contributed by atoms with van der Waals surface area (Å²) in [5.41, 5.74) is 1.29. The lowest BCUT2D eigenvalue weighted by atomic mass is 10.1. The van der Waals surface area contributed by atoms with Gasteiger partial charge in [-0.2, -0.15) is 0 Å². The van der Waals surface area contributed by atoms with E-state index in [0.717, 1.165) is 9.87 Å². The average molecular weight is 455 g/mol. The van der Waals surface area contributed by atoms with Gasteiger partial charge in [-0.3, -0.25) is 0 Å². The normalized spacial score (nSPS) is 11.6. The molecule has 0 aliphatic rings. The van der Waals surface area contributed by atoms with E-state index in [1.54, 1.807) is 30.3 Å². The zero-order valence-electron chi connectivity index (χ0n) is 15.4. The number of benzene rings is 2. The third-order valence-corrected chi connectivity index (χ3v) is 6.37. The second-order valence-electron chi connectivity index (χ2n) is 6.19. The number of hydrogen-bond donors (Lipinski definition) is 0. The van der Waals surface area contributed by atoms with Gasteiger partial charge in [0.1, 0.15) is 5.69 Å². The smallest absolute Gasteiger partial charge is 0.340 e. The number of rotatable bonds is 6. The van der Waals surface area contributed by atoms with Crippen LogP contribution in [0.5, 0.6) is 0 Å². The summed E-state index contributed by atoms with van der Waals surface area (Å²) in [5, 5.41) is 4.60. The van der Waals surface area contributed by atoms with Crippen molar-refractivity contribution in [3.63, 3.8) is 0 Å². The number of sulfonamides is 1. The van der Waals surface area contributed by atoms with E-state index in [2.05, 4.69) is 5.16 Å². The lowest BCUT2D eigenvalue weighted by Crippen LogP contribution is -2.22. The minimum Gasteiger partial charge on any atom is -0.454 e. The van der Waals surface area contributed by atoms with Gasteiger partial charge in [0, 0.05) is 30.7 Å². The number of nitrogens with zero attached hydrogens (tertiary/aromatic N) is 2. The van der Waals surface area contributed by atoms with Gasteiger partial charge in [-0.15, -0.1) is 0 Å². The van der Waals surface area contributed by atoms with E-state index in [0.29, 0.717) is 16.5 Å². The highest BCUT2D eigenvalue weighted by Crippen LogP contribution is 2.24. The molecule has 0 spiro atoms. The van der Waals surface area contributed by atoms with Crippen molar-refractivity contribution in [3.8, 4) is 11.3 Å². The first-order valence-electron chi connectivity index (χ1n) is 8.29. The average Bonchev–Trinajstić information content (AvgIpc) is 3.15. The molecular weight excluding hydrogens is 439 g/mol. The maximum Gasteiger partial charge on any atom is 0.340 e. The molecule has 0 fully saturated rings. The zero-order valence-corrected chi connectivity index (χ0v) is 17.8. The topological polar surface area (TPSA) is 89.7 Å². The second kappa shape index (κ2) is 8.54. The van der Waals surface area contributed by atoms with Crippen molar-refractivity contribution in [2.75, 3.05) is 14.1 Å². The number of halogens is 2. The Morgan fingerprint density at radius 2 is 1.79 bits per heavy atom. The largest absolute Gasteiger partial charge is 0.454 e. The molecule has 1 heterocycles. The fourth-order valence-corrected chi connectivity index (χ4v) is 3.63. The van der Waals surface area contributed by atoms with Crippen LogP contribution in [-0.2, 0) is 21.4 Å². The van der Waals surface area contributed by atoms with E-state index in [9.17, 15) is 13.2 Å². The van der Waals surface area contributed by atoms with E-state index in [1.807, 2.05) is 0 Å². The molecule has 0 saturated carbocycles. The van der Waals surface area contributed by atoms with Crippen molar-refractivity contribution in [2.45, 2.75) is 11.5 Å². The molecule has 0 unspecified atom stereocenters. The summed E-state index contributed by atoms with van der Waals surface area (Å²) in [5.74, 6) is -0.466. The Morgan fingerprint density at radius 3 is 2.45 bits per heavy atom. The van der Waals surface area contributed by atoms with Crippen molar-refractivity contribution in [1.82, 2.24) is 9.46 Å². The molecule has 0 N–H and O–H groups in total.